The number of rotatable bonds is 20. The summed E-state index contributed by atoms with van der Waals surface area (Å²) < 4.78 is 16.1. The van der Waals surface area contributed by atoms with Crippen molar-refractivity contribution in [2.45, 2.75) is 142 Å². The topological polar surface area (TPSA) is 9.23 Å². The molecule has 0 saturated carbocycles. The van der Waals surface area contributed by atoms with E-state index >= 15 is 0 Å². The largest absolute Gasteiger partial charge is 0.153 e. The zero-order valence-electron chi connectivity index (χ0n) is 41.7. The summed E-state index contributed by atoms with van der Waals surface area (Å²) in [6.07, 6.45) is 0. The molecule has 0 bridgehead atoms. The van der Waals surface area contributed by atoms with Crippen LogP contribution in [0.2, 0.25) is 26.6 Å². The van der Waals surface area contributed by atoms with Gasteiger partial charge in [0.05, 0.1) is 0 Å². The van der Waals surface area contributed by atoms with Crippen LogP contribution in [0.25, 0.3) is 0 Å². The molecule has 0 aliphatic heterocycles. The average Bonchev–Trinajstić information content (AvgIpc) is 3.24. The number of hydrogen-bond acceptors (Lipinski definition) is 1. The van der Waals surface area contributed by atoms with Crippen LogP contribution in [-0.4, -0.2) is 37.6 Å². The molecule has 0 fully saturated rings. The maximum atomic E-state index is 9.39. The molecule has 1 unspecified atom stereocenters. The first-order chi connectivity index (χ1) is 29.6. The zero-order chi connectivity index (χ0) is 45.6. The summed E-state index contributed by atoms with van der Waals surface area (Å²) in [7, 11) is 0. The van der Waals surface area contributed by atoms with E-state index in [0.29, 0.717) is 0 Å². The SMILES string of the molecule is CC(C)([CH2][Sn]([CH2]C(C)(C)c1ccccc1)([CH2]C(C)(C)c1ccccc1)[O][Sn]([CH2]C(C)(C)c1ccccc1)([CH2]C(C)(C)c1ccccc1)[CH2]C(C)(C)c1ccccc1)c1ccccc1.P. The smallest absolute Gasteiger partial charge is 0.153 e. The van der Waals surface area contributed by atoms with Gasteiger partial charge in [-0.2, -0.15) is 9.90 Å². The molecule has 1 nitrogen and oxygen atoms in total. The molecule has 0 amide bonds. The van der Waals surface area contributed by atoms with Crippen molar-refractivity contribution in [3.63, 3.8) is 0 Å². The van der Waals surface area contributed by atoms with E-state index in [1.54, 1.807) is 0 Å². The van der Waals surface area contributed by atoms with Crippen LogP contribution in [-0.2, 0) is 33.9 Å². The molecule has 4 heteroatoms. The van der Waals surface area contributed by atoms with E-state index in [1.165, 1.54) is 33.4 Å². The van der Waals surface area contributed by atoms with Crippen LogP contribution < -0.4 is 0 Å². The third kappa shape index (κ3) is 13.3. The number of hydrogen-bond donors (Lipinski definition) is 0. The van der Waals surface area contributed by atoms with Crippen LogP contribution >= 0.6 is 9.90 Å². The van der Waals surface area contributed by atoms with Gasteiger partial charge in [0.15, 0.2) is 0 Å². The second-order valence-corrected chi connectivity index (χ2v) is 47.1. The van der Waals surface area contributed by atoms with Crippen molar-refractivity contribution in [2.24, 2.45) is 0 Å². The normalized spacial score (nSPS) is 13.3. The van der Waals surface area contributed by atoms with E-state index in [9.17, 15) is 1.41 Å². The Bertz CT molecular complexity index is 1880. The molecule has 340 valence electrons. The Morgan fingerprint density at radius 1 is 0.250 bits per heavy atom. The average molecular weight is 1090 g/mol. The van der Waals surface area contributed by atoms with E-state index in [4.69, 9.17) is 0 Å². The van der Waals surface area contributed by atoms with Gasteiger partial charge in [-0.15, -0.1) is 0 Å². The van der Waals surface area contributed by atoms with Crippen LogP contribution in [0.4, 0.5) is 0 Å². The fourth-order valence-electron chi connectivity index (χ4n) is 11.8. The van der Waals surface area contributed by atoms with Gasteiger partial charge in [0.25, 0.3) is 0 Å². The summed E-state index contributed by atoms with van der Waals surface area (Å²) in [6.45, 7) is 30.4. The monoisotopic (exact) mass is 1090 g/mol. The van der Waals surface area contributed by atoms with Crippen LogP contribution in [0.15, 0.2) is 182 Å². The number of benzene rings is 6. The van der Waals surface area contributed by atoms with Crippen LogP contribution in [0.5, 0.6) is 0 Å². The van der Waals surface area contributed by atoms with Crippen molar-refractivity contribution in [2.75, 3.05) is 0 Å². The first kappa shape index (κ1) is 52.3. The maximum absolute atomic E-state index is 9.39. The first-order valence-corrected chi connectivity index (χ1v) is 38.1. The zero-order valence-corrected chi connectivity index (χ0v) is 48.8. The predicted molar refractivity (Wildman–Crippen MR) is 289 cm³/mol. The summed E-state index contributed by atoms with van der Waals surface area (Å²) >= 11 is -8.23. The summed E-state index contributed by atoms with van der Waals surface area (Å²) in [5.41, 5.74) is 7.98. The Morgan fingerprint density at radius 3 is 0.500 bits per heavy atom. The minimum Gasteiger partial charge on any atom is -0.153 e. The van der Waals surface area contributed by atoms with Gasteiger partial charge in [-0.05, 0) is 0 Å². The summed E-state index contributed by atoms with van der Waals surface area (Å²) in [5.74, 6) is 0. The molecule has 0 heterocycles. The quantitative estimate of drug-likeness (QED) is 0.0547. The van der Waals surface area contributed by atoms with Crippen molar-refractivity contribution in [1.82, 2.24) is 0 Å². The van der Waals surface area contributed by atoms with Crippen molar-refractivity contribution < 1.29 is 1.41 Å². The van der Waals surface area contributed by atoms with Gasteiger partial charge in [0.2, 0.25) is 0 Å². The van der Waals surface area contributed by atoms with E-state index in [1.807, 2.05) is 0 Å². The standard InChI is InChI=1S/6C10H13.O.H3P.2Sn/c6*1-10(2,3)9-7-5-4-6-8-9;;;;/h6*4-8H,1H2,2-3H3;;1H3;;. The fraction of sp³-hybridized carbons (Fsp3) is 0.400. The van der Waals surface area contributed by atoms with Crippen molar-refractivity contribution in [1.29, 1.82) is 0 Å². The minimum atomic E-state index is -4.11. The maximum Gasteiger partial charge on any atom is -0.153 e. The predicted octanol–water partition coefficient (Wildman–Crippen LogP) is 16.8. The molecule has 0 aliphatic carbocycles. The molecular formula is C60H81OPSn2. The first-order valence-electron chi connectivity index (χ1n) is 23.6. The summed E-state index contributed by atoms with van der Waals surface area (Å²) in [6, 6.07) is 68.6. The van der Waals surface area contributed by atoms with Gasteiger partial charge in [0, 0.05) is 0 Å². The molecule has 0 radical (unpaired) electrons. The van der Waals surface area contributed by atoms with Gasteiger partial charge in [0.1, 0.15) is 0 Å². The van der Waals surface area contributed by atoms with Gasteiger partial charge in [-0.3, -0.25) is 0 Å². The summed E-state index contributed by atoms with van der Waals surface area (Å²) in [4.78, 5) is 0. The minimum absolute atomic E-state index is 0. The molecule has 0 aromatic heterocycles. The van der Waals surface area contributed by atoms with Gasteiger partial charge < -0.3 is 0 Å². The Morgan fingerprint density at radius 2 is 0.375 bits per heavy atom. The van der Waals surface area contributed by atoms with Crippen molar-refractivity contribution in [3.05, 3.63) is 215 Å². The molecule has 6 aromatic carbocycles. The molecule has 0 N–H and O–H groups in total. The molecule has 0 saturated heterocycles. The van der Waals surface area contributed by atoms with E-state index < -0.39 is 37.6 Å². The van der Waals surface area contributed by atoms with Gasteiger partial charge in [-0.1, -0.05) is 0 Å². The molecular weight excluding hydrogens is 1010 g/mol. The van der Waals surface area contributed by atoms with E-state index in [-0.39, 0.29) is 42.4 Å². The van der Waals surface area contributed by atoms with Crippen LogP contribution in [0.3, 0.4) is 0 Å². The van der Waals surface area contributed by atoms with Gasteiger partial charge >= 0.3 is 397 Å². The van der Waals surface area contributed by atoms with Gasteiger partial charge in [-0.25, -0.2) is 0 Å². The molecule has 64 heavy (non-hydrogen) atoms. The van der Waals surface area contributed by atoms with Crippen molar-refractivity contribution in [3.8, 4) is 0 Å². The third-order valence-electron chi connectivity index (χ3n) is 14.3. The van der Waals surface area contributed by atoms with Crippen LogP contribution in [0.1, 0.15) is 116 Å². The Balaban J connectivity index is 0.00000771. The Labute approximate surface area is 403 Å². The summed E-state index contributed by atoms with van der Waals surface area (Å²) in [5, 5.41) is 0. The fourth-order valence-corrected chi connectivity index (χ4v) is 74.8. The van der Waals surface area contributed by atoms with E-state index in [2.05, 4.69) is 265 Å². The second kappa shape index (κ2) is 21.1. The van der Waals surface area contributed by atoms with Crippen molar-refractivity contribution >= 4 is 47.5 Å². The Kier molecular flexibility index (Phi) is 17.2. The molecule has 6 rings (SSSR count). The molecule has 1 atom stereocenters. The Hall–Kier alpha value is -2.69. The second-order valence-electron chi connectivity index (χ2n) is 23.0. The molecule has 0 aliphatic rings. The molecule has 6 aromatic rings. The van der Waals surface area contributed by atoms with Crippen LogP contribution in [0, 0.1) is 0 Å². The molecule has 0 spiro atoms. The van der Waals surface area contributed by atoms with E-state index in [0.717, 1.165) is 26.6 Å². The third-order valence-corrected chi connectivity index (χ3v) is 59.6.